The lowest BCUT2D eigenvalue weighted by molar-refractivity contribution is 0.193. The van der Waals surface area contributed by atoms with E-state index >= 15 is 0 Å². The van der Waals surface area contributed by atoms with E-state index in [4.69, 9.17) is 4.65 Å². The van der Waals surface area contributed by atoms with Crippen molar-refractivity contribution < 1.29 is 14.8 Å². The van der Waals surface area contributed by atoms with Gasteiger partial charge in [0.1, 0.15) is 5.75 Å². The number of hydrogen-bond acceptors (Lipinski definition) is 3. The maximum Gasteiger partial charge on any atom is 0.458 e. The minimum absolute atomic E-state index is 0.0785. The van der Waals surface area contributed by atoms with E-state index in [-0.39, 0.29) is 11.9 Å². The smallest absolute Gasteiger partial charge is 0.458 e. The van der Waals surface area contributed by atoms with Gasteiger partial charge in [-0.1, -0.05) is 60.7 Å². The van der Waals surface area contributed by atoms with Crippen molar-refractivity contribution in [2.75, 3.05) is 0 Å². The summed E-state index contributed by atoms with van der Waals surface area (Å²) >= 11 is 0. The van der Waals surface area contributed by atoms with Gasteiger partial charge in [-0.25, -0.2) is 0 Å². The number of allylic oxidation sites excluding steroid dienone is 2. The van der Waals surface area contributed by atoms with Crippen LogP contribution in [0, 0.1) is 0 Å². The Labute approximate surface area is 143 Å². The van der Waals surface area contributed by atoms with Crippen LogP contribution in [0.5, 0.6) is 5.75 Å². The Balaban J connectivity index is 1.82. The molecule has 24 heavy (non-hydrogen) atoms. The van der Waals surface area contributed by atoms with Crippen molar-refractivity contribution in [3.8, 4) is 5.75 Å². The minimum Gasteiger partial charge on any atom is -0.507 e. The summed E-state index contributed by atoms with van der Waals surface area (Å²) in [6.07, 6.45) is 8.04. The number of benzene rings is 2. The number of hydrogen-bond donors (Lipinski definition) is 2. The normalized spacial score (nSPS) is 18.0. The summed E-state index contributed by atoms with van der Waals surface area (Å²) < 4.78 is 5.54. The van der Waals surface area contributed by atoms with Crippen molar-refractivity contribution in [1.29, 1.82) is 0 Å². The molecule has 2 aromatic carbocycles. The summed E-state index contributed by atoms with van der Waals surface area (Å²) in [6.45, 7) is 0. The van der Waals surface area contributed by atoms with Crippen molar-refractivity contribution in [3.63, 3.8) is 0 Å². The van der Waals surface area contributed by atoms with E-state index < -0.39 is 7.12 Å². The molecule has 3 nitrogen and oxygen atoms in total. The largest absolute Gasteiger partial charge is 0.507 e. The van der Waals surface area contributed by atoms with Gasteiger partial charge >= 0.3 is 7.12 Å². The molecule has 0 aromatic heterocycles. The lowest BCUT2D eigenvalue weighted by atomic mass is 9.82. The molecule has 2 aromatic rings. The van der Waals surface area contributed by atoms with Crippen LogP contribution in [-0.2, 0) is 4.65 Å². The van der Waals surface area contributed by atoms with Gasteiger partial charge in [0.05, 0.1) is 6.10 Å². The predicted octanol–water partition coefficient (Wildman–Crippen LogP) is 4.15. The summed E-state index contributed by atoms with van der Waals surface area (Å²) in [5.41, 5.74) is 3.06. The van der Waals surface area contributed by atoms with E-state index in [9.17, 15) is 10.1 Å². The van der Waals surface area contributed by atoms with Gasteiger partial charge in [-0.3, -0.25) is 0 Å². The topological polar surface area (TPSA) is 49.7 Å². The third-order valence-electron chi connectivity index (χ3n) is 4.13. The molecule has 3 rings (SSSR count). The van der Waals surface area contributed by atoms with Crippen LogP contribution in [0.2, 0.25) is 6.32 Å². The predicted molar refractivity (Wildman–Crippen MR) is 98.4 cm³/mol. The Kier molecular flexibility index (Phi) is 5.52. The number of phenolic OH excluding ortho intramolecular Hbond substituents is 1. The van der Waals surface area contributed by atoms with Crippen LogP contribution in [0.1, 0.15) is 24.0 Å². The molecule has 1 aliphatic heterocycles. The number of aromatic hydroxyl groups is 1. The number of rotatable bonds is 5. The van der Waals surface area contributed by atoms with Gasteiger partial charge in [0.25, 0.3) is 0 Å². The van der Waals surface area contributed by atoms with E-state index in [1.54, 1.807) is 6.07 Å². The van der Waals surface area contributed by atoms with E-state index in [2.05, 4.69) is 12.1 Å². The Hall–Kier alpha value is -2.30. The molecule has 0 bridgehead atoms. The summed E-state index contributed by atoms with van der Waals surface area (Å²) in [7, 11) is -0.706. The van der Waals surface area contributed by atoms with E-state index in [1.807, 2.05) is 54.6 Å². The van der Waals surface area contributed by atoms with Gasteiger partial charge in [0, 0.05) is 11.9 Å². The molecule has 0 aliphatic carbocycles. The van der Waals surface area contributed by atoms with E-state index in [0.29, 0.717) is 6.32 Å². The summed E-state index contributed by atoms with van der Waals surface area (Å²) in [5.74, 6) is 0.273. The van der Waals surface area contributed by atoms with Gasteiger partial charge in [0.15, 0.2) is 0 Å². The molecule has 0 amide bonds. The monoisotopic (exact) mass is 320 g/mol. The molecule has 1 aliphatic rings. The third-order valence-corrected chi connectivity index (χ3v) is 4.13. The fourth-order valence-corrected chi connectivity index (χ4v) is 2.86. The maximum atomic E-state index is 10.0. The Morgan fingerprint density at radius 1 is 1.12 bits per heavy atom. The van der Waals surface area contributed by atoms with Crippen LogP contribution in [0.25, 0.3) is 11.6 Å². The minimum atomic E-state index is -0.706. The molecule has 4 heteroatoms. The van der Waals surface area contributed by atoms with Crippen molar-refractivity contribution in [1.82, 2.24) is 0 Å². The summed E-state index contributed by atoms with van der Waals surface area (Å²) in [5, 5.41) is 19.7. The van der Waals surface area contributed by atoms with Crippen molar-refractivity contribution in [2.24, 2.45) is 0 Å². The second kappa shape index (κ2) is 8.00. The Morgan fingerprint density at radius 2 is 1.88 bits per heavy atom. The molecule has 0 saturated carbocycles. The number of phenols is 1. The second-order valence-corrected chi connectivity index (χ2v) is 5.93. The van der Waals surface area contributed by atoms with E-state index in [0.717, 1.165) is 29.5 Å². The second-order valence-electron chi connectivity index (χ2n) is 5.93. The lowest BCUT2D eigenvalue weighted by Crippen LogP contribution is -2.27. The van der Waals surface area contributed by atoms with Crippen LogP contribution in [0.15, 0.2) is 66.7 Å². The first-order valence-electron chi connectivity index (χ1n) is 8.26. The highest BCUT2D eigenvalue weighted by molar-refractivity contribution is 6.43. The van der Waals surface area contributed by atoms with Crippen LogP contribution in [0.3, 0.4) is 0 Å². The fraction of sp³-hybridized carbons (Fsp3) is 0.200. The van der Waals surface area contributed by atoms with Gasteiger partial charge < -0.3 is 14.8 Å². The molecule has 1 atom stereocenters. The van der Waals surface area contributed by atoms with Crippen molar-refractivity contribution in [3.05, 3.63) is 77.9 Å². The first-order valence-corrected chi connectivity index (χ1v) is 8.26. The molecular weight excluding hydrogens is 299 g/mol. The van der Waals surface area contributed by atoms with Gasteiger partial charge in [-0.05, 0) is 36.1 Å². The molecule has 0 unspecified atom stereocenters. The zero-order valence-electron chi connectivity index (χ0n) is 13.5. The molecule has 0 fully saturated rings. The average Bonchev–Trinajstić information content (AvgIpc) is 2.61. The average molecular weight is 320 g/mol. The van der Waals surface area contributed by atoms with Gasteiger partial charge in [-0.2, -0.15) is 0 Å². The standard InChI is InChI=1S/C20H21BO3/c22-20-11-5-4-9-18(20)15-17(16-7-2-1-3-8-16)12-13-19-10-6-14-21(23)24-19/h1-11,15,19,22-23H,12-14H2/b17-15-/t19-/m0/s1. The molecule has 2 N–H and O–H groups in total. The van der Waals surface area contributed by atoms with Crippen molar-refractivity contribution >= 4 is 18.8 Å². The van der Waals surface area contributed by atoms with E-state index in [1.165, 1.54) is 0 Å². The first-order chi connectivity index (χ1) is 11.7. The highest BCUT2D eigenvalue weighted by Gasteiger charge is 2.20. The fourth-order valence-electron chi connectivity index (χ4n) is 2.86. The van der Waals surface area contributed by atoms with Crippen LogP contribution in [0.4, 0.5) is 0 Å². The Bertz CT molecular complexity index is 725. The van der Waals surface area contributed by atoms with Gasteiger partial charge in [-0.15, -0.1) is 0 Å². The Morgan fingerprint density at radius 3 is 2.62 bits per heavy atom. The quantitative estimate of drug-likeness (QED) is 0.494. The van der Waals surface area contributed by atoms with Crippen LogP contribution in [-0.4, -0.2) is 23.4 Å². The maximum absolute atomic E-state index is 10.0. The zero-order valence-corrected chi connectivity index (χ0v) is 13.5. The third kappa shape index (κ3) is 4.37. The van der Waals surface area contributed by atoms with Crippen LogP contribution < -0.4 is 0 Å². The first kappa shape index (κ1) is 16.6. The molecule has 0 saturated heterocycles. The highest BCUT2D eigenvalue weighted by atomic mass is 16.5. The summed E-state index contributed by atoms with van der Waals surface area (Å²) in [4.78, 5) is 0. The summed E-state index contributed by atoms with van der Waals surface area (Å²) in [6, 6.07) is 17.5. The molecule has 1 heterocycles. The highest BCUT2D eigenvalue weighted by Crippen LogP contribution is 2.28. The zero-order chi connectivity index (χ0) is 16.8. The van der Waals surface area contributed by atoms with Crippen LogP contribution >= 0.6 is 0 Å². The molecule has 0 radical (unpaired) electrons. The molecular formula is C20H21BO3. The SMILES string of the molecule is OB1CC=C[C@@H](CC/C(=C/c2ccccc2O)c2ccccc2)O1. The van der Waals surface area contributed by atoms with Crippen molar-refractivity contribution in [2.45, 2.75) is 25.3 Å². The number of para-hydroxylation sites is 1. The van der Waals surface area contributed by atoms with Gasteiger partial charge in [0.2, 0.25) is 0 Å². The molecule has 0 spiro atoms. The lowest BCUT2D eigenvalue weighted by Gasteiger charge is -2.21. The molecule has 122 valence electrons.